The second-order valence-electron chi connectivity index (χ2n) is 0.204. The van der Waals surface area contributed by atoms with Crippen molar-refractivity contribution in [1.29, 1.82) is 0 Å². The van der Waals surface area contributed by atoms with Crippen molar-refractivity contribution in [2.24, 2.45) is 0 Å². The molecule has 4 heavy (non-hydrogen) atoms. The molecule has 0 bridgehead atoms. The maximum absolute atomic E-state index is 8.54. The van der Waals surface area contributed by atoms with Crippen molar-refractivity contribution in [3.05, 3.63) is 0 Å². The minimum absolute atomic E-state index is 3.79. The standard InChI is InChI=1S/O3Se/c1-4(2)3. The Morgan fingerprint density at radius 1 is 1.00 bits per heavy atom. The van der Waals surface area contributed by atoms with Crippen molar-refractivity contribution < 1.29 is 11.5 Å². The van der Waals surface area contributed by atoms with E-state index in [-0.39, 0.29) is 0 Å². The van der Waals surface area contributed by atoms with E-state index in [2.05, 4.69) is 0 Å². The van der Waals surface area contributed by atoms with Gasteiger partial charge in [0.2, 0.25) is 0 Å². The molecule has 0 radical (unpaired) electrons. The zero-order chi connectivity index (χ0) is 3.58. The van der Waals surface area contributed by atoms with Gasteiger partial charge in [-0.05, 0) is 0 Å². The molecule has 24 valence electrons. The maximum atomic E-state index is 8.54. The molecule has 0 atom stereocenters. The van der Waals surface area contributed by atoms with Crippen molar-refractivity contribution in [2.45, 2.75) is 0 Å². The molecule has 0 aromatic rings. The van der Waals surface area contributed by atoms with E-state index in [1.54, 1.807) is 0 Å². The summed E-state index contributed by atoms with van der Waals surface area (Å²) in [6.45, 7) is 0. The van der Waals surface area contributed by atoms with Gasteiger partial charge in [-0.25, -0.2) is 0 Å². The van der Waals surface area contributed by atoms with Crippen LogP contribution in [0.4, 0.5) is 0 Å². The second-order valence-corrected chi connectivity index (χ2v) is 1.06. The molecule has 0 aromatic heterocycles. The first kappa shape index (κ1) is 3.92. The fourth-order valence-electron chi connectivity index (χ4n) is 0. The molecule has 0 unspecified atom stereocenters. The first-order valence-electron chi connectivity index (χ1n) is 0.500. The van der Waals surface area contributed by atoms with Gasteiger partial charge >= 0.3 is 25.2 Å². The molecule has 4 heteroatoms. The van der Waals surface area contributed by atoms with Gasteiger partial charge in [-0.2, -0.15) is 0 Å². The summed E-state index contributed by atoms with van der Waals surface area (Å²) >= 11 is -3.79. The Kier molecular flexibility index (Phi) is 1.24. The monoisotopic (exact) mass is 128 g/mol. The Labute approximate surface area is 26.1 Å². The summed E-state index contributed by atoms with van der Waals surface area (Å²) in [5.41, 5.74) is 0. The molecule has 0 heterocycles. The number of hydrogen-bond acceptors (Lipinski definition) is 3. The van der Waals surface area contributed by atoms with Crippen molar-refractivity contribution in [3.8, 4) is 0 Å². The van der Waals surface area contributed by atoms with Crippen molar-refractivity contribution in [1.82, 2.24) is 0 Å². The topological polar surface area (TPSA) is 51.2 Å². The Bertz CT molecular complexity index is 72.7. The van der Waals surface area contributed by atoms with E-state index in [4.69, 9.17) is 11.5 Å². The van der Waals surface area contributed by atoms with Crippen LogP contribution in [0.2, 0.25) is 0 Å². The Morgan fingerprint density at radius 3 is 1.00 bits per heavy atom. The second kappa shape index (κ2) is 1.26. The normalized spacial score (nSPS) is 6.00. The van der Waals surface area contributed by atoms with Gasteiger partial charge in [0.25, 0.3) is 0 Å². The summed E-state index contributed by atoms with van der Waals surface area (Å²) in [6.07, 6.45) is 0. The summed E-state index contributed by atoms with van der Waals surface area (Å²) in [4.78, 5) is 0. The molecule has 3 nitrogen and oxygen atoms in total. The molecule has 0 amide bonds. The van der Waals surface area contributed by atoms with Gasteiger partial charge < -0.3 is 0 Å². The van der Waals surface area contributed by atoms with E-state index in [1.165, 1.54) is 0 Å². The fourth-order valence-corrected chi connectivity index (χ4v) is 0. The van der Waals surface area contributed by atoms with Crippen LogP contribution in [0.15, 0.2) is 0 Å². The third kappa shape index (κ3) is 250. The van der Waals surface area contributed by atoms with Gasteiger partial charge in [0.15, 0.2) is 0 Å². The molecule has 0 saturated carbocycles. The first-order chi connectivity index (χ1) is 1.73. The predicted molar refractivity (Wildman–Crippen MR) is 7.81 cm³/mol. The molecule has 0 aliphatic rings. The molecule has 0 saturated heterocycles. The molecule has 0 aromatic carbocycles. The van der Waals surface area contributed by atoms with Gasteiger partial charge in [0.1, 0.15) is 0 Å². The zero-order valence-electron chi connectivity index (χ0n) is 1.63. The SMILES string of the molecule is O=[Se](=O)=O. The predicted octanol–water partition coefficient (Wildman–Crippen LogP) is -0.737. The van der Waals surface area contributed by atoms with Gasteiger partial charge in [-0.1, -0.05) is 0 Å². The van der Waals surface area contributed by atoms with E-state index in [0.29, 0.717) is 0 Å². The molecular formula is O3Se. The minimum atomic E-state index is -3.79. The molecule has 0 N–H and O–H groups in total. The summed E-state index contributed by atoms with van der Waals surface area (Å²) < 4.78 is 25.6. The average Bonchev–Trinajstić information content (AvgIpc) is 0.811. The van der Waals surface area contributed by atoms with Crippen LogP contribution in [0, 0.1) is 0 Å². The first-order valence-corrected chi connectivity index (χ1v) is 2.60. The Hall–Kier alpha value is -0.0805. The van der Waals surface area contributed by atoms with Gasteiger partial charge in [-0.3, -0.25) is 0 Å². The van der Waals surface area contributed by atoms with Crippen LogP contribution in [0.1, 0.15) is 0 Å². The summed E-state index contributed by atoms with van der Waals surface area (Å²) in [7, 11) is 0. The molecule has 0 rings (SSSR count). The van der Waals surface area contributed by atoms with Gasteiger partial charge in [0, 0.05) is 0 Å². The van der Waals surface area contributed by atoms with Crippen LogP contribution in [0.3, 0.4) is 0 Å². The van der Waals surface area contributed by atoms with Crippen LogP contribution in [0.5, 0.6) is 0 Å². The quantitative estimate of drug-likeness (QED) is 0.403. The molecule has 0 spiro atoms. The van der Waals surface area contributed by atoms with Gasteiger partial charge in [0.05, 0.1) is 0 Å². The van der Waals surface area contributed by atoms with E-state index < -0.39 is 13.7 Å². The third-order valence-corrected chi connectivity index (χ3v) is 0. The van der Waals surface area contributed by atoms with E-state index in [1.807, 2.05) is 0 Å². The van der Waals surface area contributed by atoms with E-state index in [9.17, 15) is 0 Å². The summed E-state index contributed by atoms with van der Waals surface area (Å²) in [5, 5.41) is 0. The molecular weight excluding hydrogens is 127 g/mol. The molecule has 0 aliphatic heterocycles. The Balaban J connectivity index is 4.65. The number of rotatable bonds is 0. The molecule has 0 fully saturated rings. The van der Waals surface area contributed by atoms with E-state index in [0.717, 1.165) is 0 Å². The average molecular weight is 127 g/mol. The Morgan fingerprint density at radius 2 is 1.00 bits per heavy atom. The van der Waals surface area contributed by atoms with Crippen LogP contribution in [0.25, 0.3) is 0 Å². The fraction of sp³-hybridized carbons (Fsp3) is 0. The van der Waals surface area contributed by atoms with Crippen molar-refractivity contribution in [2.75, 3.05) is 0 Å². The van der Waals surface area contributed by atoms with Crippen LogP contribution in [-0.4, -0.2) is 13.7 Å². The van der Waals surface area contributed by atoms with Crippen molar-refractivity contribution >= 4 is 13.7 Å². The number of hydrogen-bond donors (Lipinski definition) is 0. The van der Waals surface area contributed by atoms with Gasteiger partial charge in [-0.15, -0.1) is 0 Å². The molecule has 0 aliphatic carbocycles. The third-order valence-electron chi connectivity index (χ3n) is 0. The summed E-state index contributed by atoms with van der Waals surface area (Å²) in [6, 6.07) is 0. The van der Waals surface area contributed by atoms with Crippen LogP contribution in [-0.2, 0) is 11.5 Å². The van der Waals surface area contributed by atoms with Crippen molar-refractivity contribution in [3.63, 3.8) is 0 Å². The van der Waals surface area contributed by atoms with Crippen LogP contribution >= 0.6 is 0 Å². The zero-order valence-corrected chi connectivity index (χ0v) is 3.35. The summed E-state index contributed by atoms with van der Waals surface area (Å²) in [5.74, 6) is 0. The van der Waals surface area contributed by atoms with E-state index >= 15 is 0 Å². The van der Waals surface area contributed by atoms with Crippen LogP contribution < -0.4 is 0 Å².